The van der Waals surface area contributed by atoms with Crippen molar-refractivity contribution in [3.8, 4) is 11.3 Å². The summed E-state index contributed by atoms with van der Waals surface area (Å²) in [5.74, 6) is -0.332. The number of nitrogen functional groups attached to an aromatic ring is 1. The quantitative estimate of drug-likeness (QED) is 0.272. The number of Topliss-reactive ketones (excluding diaryl/α,β-unsaturated/α-hetero) is 1. The van der Waals surface area contributed by atoms with E-state index < -0.39 is 22.4 Å². The van der Waals surface area contributed by atoms with Crippen LogP contribution in [-0.4, -0.2) is 42.4 Å². The molecule has 1 unspecified atom stereocenters. The maximum absolute atomic E-state index is 13.1. The molecule has 1 heterocycles. The SMILES string of the molecule is CCOP(=O)(OCC)C(C)S(=O)(=O)c1ccc(CC(=O)c2nc(-c3ccc(C)cc3)cnc2N)cc1. The van der Waals surface area contributed by atoms with Crippen LogP contribution >= 0.6 is 7.60 Å². The number of ketones is 1. The Morgan fingerprint density at radius 2 is 1.61 bits per heavy atom. The van der Waals surface area contributed by atoms with Crippen molar-refractivity contribution >= 4 is 29.0 Å². The predicted octanol–water partition coefficient (Wildman–Crippen LogP) is 4.85. The van der Waals surface area contributed by atoms with Gasteiger partial charge in [0.25, 0.3) is 0 Å². The molecule has 0 amide bonds. The van der Waals surface area contributed by atoms with Crippen molar-refractivity contribution in [1.29, 1.82) is 0 Å². The summed E-state index contributed by atoms with van der Waals surface area (Å²) in [6.07, 6.45) is 1.46. The largest absolute Gasteiger partial charge is 0.382 e. The van der Waals surface area contributed by atoms with Gasteiger partial charge in [-0.05, 0) is 45.4 Å². The smallest absolute Gasteiger partial charge is 0.348 e. The van der Waals surface area contributed by atoms with E-state index in [2.05, 4.69) is 9.97 Å². The third-order valence-electron chi connectivity index (χ3n) is 5.54. The third kappa shape index (κ3) is 6.07. The Labute approximate surface area is 211 Å². The Kier molecular flexibility index (Phi) is 8.79. The van der Waals surface area contributed by atoms with Gasteiger partial charge >= 0.3 is 7.60 Å². The molecule has 1 aromatic heterocycles. The van der Waals surface area contributed by atoms with Crippen LogP contribution in [0.25, 0.3) is 11.3 Å². The van der Waals surface area contributed by atoms with Gasteiger partial charge in [-0.2, -0.15) is 0 Å². The Balaban J connectivity index is 1.81. The maximum atomic E-state index is 13.1. The van der Waals surface area contributed by atoms with E-state index in [0.717, 1.165) is 11.1 Å². The lowest BCUT2D eigenvalue weighted by atomic mass is 10.1. The standard InChI is InChI=1S/C25H30N3O6PS/c1-5-33-35(30,34-6-2)18(4)36(31,32)21-13-9-19(10-14-21)15-23(29)24-25(26)27-16-22(28-24)20-11-7-17(3)8-12-20/h7-14,16,18H,5-6,15H2,1-4H3,(H2,26,27). The topological polar surface area (TPSA) is 139 Å². The van der Waals surface area contributed by atoms with Crippen molar-refractivity contribution in [1.82, 2.24) is 9.97 Å². The van der Waals surface area contributed by atoms with E-state index in [0.29, 0.717) is 11.3 Å². The summed E-state index contributed by atoms with van der Waals surface area (Å²) in [6, 6.07) is 13.4. The molecule has 3 aromatic rings. The molecular weight excluding hydrogens is 501 g/mol. The highest BCUT2D eigenvalue weighted by Gasteiger charge is 2.42. The first kappa shape index (κ1) is 27.7. The van der Waals surface area contributed by atoms with E-state index in [1.807, 2.05) is 31.2 Å². The summed E-state index contributed by atoms with van der Waals surface area (Å²) in [5.41, 5.74) is 8.96. The molecule has 1 atom stereocenters. The second kappa shape index (κ2) is 11.4. The molecule has 0 spiro atoms. The number of hydrogen-bond donors (Lipinski definition) is 1. The molecule has 0 aliphatic heterocycles. The second-order valence-electron chi connectivity index (χ2n) is 8.12. The van der Waals surface area contributed by atoms with Gasteiger partial charge in [0.1, 0.15) is 5.69 Å². The zero-order valence-electron chi connectivity index (χ0n) is 20.7. The first-order valence-electron chi connectivity index (χ1n) is 11.5. The van der Waals surface area contributed by atoms with Gasteiger partial charge in [0.2, 0.25) is 0 Å². The molecule has 9 nitrogen and oxygen atoms in total. The number of anilines is 1. The van der Waals surface area contributed by atoms with Crippen molar-refractivity contribution in [3.63, 3.8) is 0 Å². The molecule has 2 N–H and O–H groups in total. The van der Waals surface area contributed by atoms with Crippen LogP contribution in [0.2, 0.25) is 0 Å². The molecule has 0 aliphatic rings. The highest BCUT2D eigenvalue weighted by Crippen LogP contribution is 2.55. The highest BCUT2D eigenvalue weighted by molar-refractivity contribution is 7.98. The third-order valence-corrected chi connectivity index (χ3v) is 11.1. The second-order valence-corrected chi connectivity index (χ2v) is 13.1. The summed E-state index contributed by atoms with van der Waals surface area (Å²) in [4.78, 5) is 20.1. The lowest BCUT2D eigenvalue weighted by Crippen LogP contribution is -2.21. The van der Waals surface area contributed by atoms with Gasteiger partial charge in [-0.15, -0.1) is 0 Å². The molecule has 0 radical (unpaired) electrons. The Hall–Kier alpha value is -2.91. The number of nitrogens with two attached hydrogens (primary N) is 1. The van der Waals surface area contributed by atoms with E-state index in [1.165, 1.54) is 37.4 Å². The van der Waals surface area contributed by atoms with E-state index in [4.69, 9.17) is 14.8 Å². The number of carbonyl (C=O) groups excluding carboxylic acids is 1. The molecule has 192 valence electrons. The molecule has 2 aromatic carbocycles. The molecule has 3 rings (SSSR count). The van der Waals surface area contributed by atoms with Crippen molar-refractivity contribution in [2.75, 3.05) is 18.9 Å². The van der Waals surface area contributed by atoms with Gasteiger partial charge in [-0.1, -0.05) is 42.0 Å². The van der Waals surface area contributed by atoms with Crippen LogP contribution in [0.1, 0.15) is 42.4 Å². The summed E-state index contributed by atoms with van der Waals surface area (Å²) in [6.45, 7) is 6.61. The summed E-state index contributed by atoms with van der Waals surface area (Å²) in [5, 5.41) is 0. The summed E-state index contributed by atoms with van der Waals surface area (Å²) >= 11 is 0. The molecule has 0 saturated carbocycles. The molecule has 36 heavy (non-hydrogen) atoms. The first-order chi connectivity index (χ1) is 17.0. The highest BCUT2D eigenvalue weighted by atomic mass is 32.2. The predicted molar refractivity (Wildman–Crippen MR) is 139 cm³/mol. The Morgan fingerprint density at radius 3 is 2.17 bits per heavy atom. The zero-order valence-corrected chi connectivity index (χ0v) is 22.4. The lowest BCUT2D eigenvalue weighted by Gasteiger charge is -2.23. The van der Waals surface area contributed by atoms with Gasteiger partial charge in [-0.25, -0.2) is 18.4 Å². The van der Waals surface area contributed by atoms with E-state index >= 15 is 0 Å². The van der Waals surface area contributed by atoms with Crippen molar-refractivity contribution in [3.05, 3.63) is 71.5 Å². The van der Waals surface area contributed by atoms with Crippen LogP contribution in [0.5, 0.6) is 0 Å². The van der Waals surface area contributed by atoms with E-state index in [-0.39, 0.29) is 41.8 Å². The average molecular weight is 532 g/mol. The number of sulfone groups is 1. The molecule has 0 fully saturated rings. The number of carbonyl (C=O) groups is 1. The number of nitrogens with zero attached hydrogens (tertiary/aromatic N) is 2. The van der Waals surface area contributed by atoms with Crippen molar-refractivity contribution in [2.24, 2.45) is 0 Å². The van der Waals surface area contributed by atoms with Crippen LogP contribution in [-0.2, 0) is 29.9 Å². The van der Waals surface area contributed by atoms with Crippen LogP contribution in [0.3, 0.4) is 0 Å². The van der Waals surface area contributed by atoms with Crippen LogP contribution < -0.4 is 5.73 Å². The zero-order chi connectivity index (χ0) is 26.5. The Bertz CT molecular complexity index is 1370. The molecule has 11 heteroatoms. The van der Waals surface area contributed by atoms with Crippen LogP contribution in [0.4, 0.5) is 5.82 Å². The van der Waals surface area contributed by atoms with Gasteiger partial charge in [-0.3, -0.25) is 9.36 Å². The molecular formula is C25H30N3O6PS. The molecule has 0 bridgehead atoms. The molecule has 0 aliphatic carbocycles. The minimum absolute atomic E-state index is 0.0199. The van der Waals surface area contributed by atoms with Crippen molar-refractivity contribution in [2.45, 2.75) is 44.0 Å². The van der Waals surface area contributed by atoms with Gasteiger partial charge < -0.3 is 14.8 Å². The van der Waals surface area contributed by atoms with E-state index in [9.17, 15) is 17.8 Å². The number of benzene rings is 2. The number of hydrogen-bond acceptors (Lipinski definition) is 9. The van der Waals surface area contributed by atoms with Gasteiger partial charge in [0, 0.05) is 12.0 Å². The van der Waals surface area contributed by atoms with Gasteiger partial charge in [0.05, 0.1) is 30.0 Å². The van der Waals surface area contributed by atoms with E-state index in [1.54, 1.807) is 13.8 Å². The summed E-state index contributed by atoms with van der Waals surface area (Å²) < 4.78 is 49.6. The van der Waals surface area contributed by atoms with Crippen LogP contribution in [0.15, 0.2) is 59.6 Å². The number of aryl methyl sites for hydroxylation is 1. The number of aromatic nitrogens is 2. The molecule has 0 saturated heterocycles. The average Bonchev–Trinajstić information content (AvgIpc) is 2.85. The monoisotopic (exact) mass is 531 g/mol. The maximum Gasteiger partial charge on any atom is 0.348 e. The number of rotatable bonds is 11. The fourth-order valence-corrected chi connectivity index (χ4v) is 7.72. The minimum Gasteiger partial charge on any atom is -0.382 e. The Morgan fingerprint density at radius 1 is 1.03 bits per heavy atom. The fraction of sp³-hybridized carbons (Fsp3) is 0.320. The fourth-order valence-electron chi connectivity index (χ4n) is 3.51. The first-order valence-corrected chi connectivity index (χ1v) is 14.6. The summed E-state index contributed by atoms with van der Waals surface area (Å²) in [7, 11) is -7.91. The normalized spacial score (nSPS) is 12.9. The lowest BCUT2D eigenvalue weighted by molar-refractivity contribution is 0.0989. The van der Waals surface area contributed by atoms with Crippen LogP contribution in [0, 0.1) is 6.92 Å². The van der Waals surface area contributed by atoms with Crippen molar-refractivity contribution < 1.29 is 26.8 Å². The van der Waals surface area contributed by atoms with Gasteiger partial charge in [0.15, 0.2) is 26.4 Å². The minimum atomic E-state index is -4.02.